The number of alkyl carbamates (subject to hydrolysis) is 1. The molecule has 0 aliphatic carbocycles. The lowest BCUT2D eigenvalue weighted by atomic mass is 9.83. The van der Waals surface area contributed by atoms with Crippen LogP contribution in [-0.2, 0) is 54.1 Å². The lowest BCUT2D eigenvalue weighted by Crippen LogP contribution is -2.63. The van der Waals surface area contributed by atoms with Crippen LogP contribution in [0.15, 0.2) is 35.9 Å². The molecule has 0 radical (unpaired) electrons. The maximum Gasteiger partial charge on any atom is 0.409 e. The summed E-state index contributed by atoms with van der Waals surface area (Å²) in [4.78, 5) is 94.7. The van der Waals surface area contributed by atoms with E-state index in [1.807, 2.05) is 13.0 Å². The quantitative estimate of drug-likeness (QED) is 0.0851. The van der Waals surface area contributed by atoms with E-state index in [1.165, 1.54) is 38.0 Å². The topological polar surface area (TPSA) is 257 Å². The van der Waals surface area contributed by atoms with E-state index in [4.69, 9.17) is 46.1 Å². The number of hydrogen-bond acceptors (Lipinski definition) is 15. The molecular formula is C45H62ClN5O14S. The number of benzene rings is 1. The van der Waals surface area contributed by atoms with Crippen LogP contribution in [0.25, 0.3) is 0 Å². The number of carboxylic acids is 1. The number of allylic oxidation sites excluding steroid dienone is 3. The first-order valence-corrected chi connectivity index (χ1v) is 23.3. The molecule has 21 heteroatoms. The van der Waals surface area contributed by atoms with Gasteiger partial charge in [0.25, 0.3) is 0 Å². The number of rotatable bonds is 15. The van der Waals surface area contributed by atoms with E-state index in [0.717, 1.165) is 27.8 Å². The predicted octanol–water partition coefficient (Wildman–Crippen LogP) is 3.35. The number of likely N-dealkylation sites (tertiary alicyclic amines) is 1. The van der Waals surface area contributed by atoms with E-state index in [1.54, 1.807) is 45.2 Å². The number of halogens is 1. The van der Waals surface area contributed by atoms with Crippen LogP contribution < -0.4 is 20.7 Å². The molecule has 1 aromatic rings. The van der Waals surface area contributed by atoms with Crippen LogP contribution >= 0.6 is 23.4 Å². The van der Waals surface area contributed by atoms with E-state index < -0.39 is 88.8 Å². The third-order valence-electron chi connectivity index (χ3n) is 12.8. The van der Waals surface area contributed by atoms with Crippen LogP contribution in [-0.4, -0.2) is 155 Å². The Kier molecular flexibility index (Phi) is 17.4. The van der Waals surface area contributed by atoms with E-state index in [0.29, 0.717) is 37.1 Å². The normalized spacial score (nSPS) is 30.3. The van der Waals surface area contributed by atoms with Gasteiger partial charge in [-0.05, 0) is 57.7 Å². The summed E-state index contributed by atoms with van der Waals surface area (Å²) in [5, 5.41) is 22.8. The summed E-state index contributed by atoms with van der Waals surface area (Å²) in [5.41, 5.74) is 4.39. The molecular weight excluding hydrogens is 902 g/mol. The molecule has 10 atom stereocenters. The number of anilines is 1. The molecule has 3 saturated heterocycles. The Labute approximate surface area is 393 Å². The van der Waals surface area contributed by atoms with E-state index in [2.05, 4.69) is 5.32 Å². The second-order valence-corrected chi connectivity index (χ2v) is 19.2. The third kappa shape index (κ3) is 12.0. The van der Waals surface area contributed by atoms with E-state index in [9.17, 15) is 38.7 Å². The van der Waals surface area contributed by atoms with Crippen LogP contribution in [0.2, 0.25) is 5.02 Å². The van der Waals surface area contributed by atoms with Crippen LogP contribution in [0.3, 0.4) is 0 Å². The van der Waals surface area contributed by atoms with Crippen molar-refractivity contribution in [2.75, 3.05) is 45.5 Å². The second-order valence-electron chi connectivity index (χ2n) is 17.6. The molecule has 5 rings (SSSR count). The zero-order chi connectivity index (χ0) is 48.8. The summed E-state index contributed by atoms with van der Waals surface area (Å²) in [6.07, 6.45) is 1.76. The first-order chi connectivity index (χ1) is 31.0. The Balaban J connectivity index is 1.30. The van der Waals surface area contributed by atoms with Crippen molar-refractivity contribution in [3.63, 3.8) is 0 Å². The molecule has 364 valence electrons. The highest BCUT2D eigenvalue weighted by molar-refractivity contribution is 8.00. The van der Waals surface area contributed by atoms with Gasteiger partial charge in [-0.1, -0.05) is 48.7 Å². The number of nitrogens with zero attached hydrogens (tertiary/aromatic N) is 3. The Morgan fingerprint density at radius 1 is 1.12 bits per heavy atom. The Hall–Kier alpha value is -4.73. The number of unbranched alkanes of at least 4 members (excludes halogenated alkanes) is 2. The van der Waals surface area contributed by atoms with Crippen LogP contribution in [0.1, 0.15) is 78.2 Å². The number of carboxylic acid groups (broad SMARTS) is 1. The summed E-state index contributed by atoms with van der Waals surface area (Å²) in [6, 6.07) is 1.28. The van der Waals surface area contributed by atoms with Gasteiger partial charge in [0.2, 0.25) is 23.6 Å². The number of esters is 1. The minimum Gasteiger partial charge on any atom is -0.495 e. The number of likely N-dealkylation sites (N-methyl/N-ethyl adjacent to an activating group) is 1. The lowest BCUT2D eigenvalue weighted by molar-refractivity contribution is -0.162. The predicted molar refractivity (Wildman–Crippen MR) is 243 cm³/mol. The summed E-state index contributed by atoms with van der Waals surface area (Å²) < 4.78 is 29.3. The number of fused-ring (bicyclic) bond motifs is 5. The second kappa shape index (κ2) is 21.9. The number of carbonyl (C=O) groups is 7. The number of hydrogen-bond donors (Lipinski definition) is 4. The Morgan fingerprint density at radius 2 is 1.83 bits per heavy atom. The molecule has 66 heavy (non-hydrogen) atoms. The van der Waals surface area contributed by atoms with Crippen molar-refractivity contribution in [1.82, 2.24) is 15.1 Å². The molecule has 4 heterocycles. The zero-order valence-corrected chi connectivity index (χ0v) is 40.1. The molecule has 0 aromatic heterocycles. The molecule has 3 fully saturated rings. The highest BCUT2D eigenvalue weighted by Crippen LogP contribution is 2.49. The minimum absolute atomic E-state index is 0.00678. The molecule has 19 nitrogen and oxygen atoms in total. The molecule has 5 amide bonds. The van der Waals surface area contributed by atoms with E-state index >= 15 is 0 Å². The molecule has 2 unspecified atom stereocenters. The van der Waals surface area contributed by atoms with Crippen molar-refractivity contribution in [2.24, 2.45) is 11.7 Å². The van der Waals surface area contributed by atoms with E-state index in [-0.39, 0.29) is 54.8 Å². The number of aliphatic hydroxyl groups is 1. The largest absolute Gasteiger partial charge is 0.495 e. The number of methoxy groups -OCH3 is 2. The zero-order valence-electron chi connectivity index (χ0n) is 38.6. The van der Waals surface area contributed by atoms with Gasteiger partial charge >= 0.3 is 18.0 Å². The van der Waals surface area contributed by atoms with Crippen molar-refractivity contribution < 1.29 is 67.5 Å². The standard InChI is InChI=1S/C45H62ClN5O14S/c1-24-13-12-14-33(62-8)45(60)22-31(63-43(59)48-45)25(2)39-44(4,65-39)34(21-36(53)50(6)29-18-27(17-24)19-30(61-7)38(29)46)64-42(58)26(3)49(5)35(52)15-10-9-11-16-51-37(54)20-32(40(51)55)66-23-28(47)41(56)57/h12-14,18-19,25-26,28,31-34,39,60H,9-11,15-17,20-23,47H2,1-8H3,(H,48,59)(H,56,57)/b14-12+,24-13+/t25-,26+,28+,31+,32?,33-,34+,39?,44+,45+/m1/s1. The molecule has 0 saturated carbocycles. The summed E-state index contributed by atoms with van der Waals surface area (Å²) in [6.45, 7) is 7.00. The number of epoxide rings is 1. The summed E-state index contributed by atoms with van der Waals surface area (Å²) >= 11 is 7.83. The molecule has 4 bridgehead atoms. The van der Waals surface area contributed by atoms with Crippen molar-refractivity contribution in [1.29, 1.82) is 0 Å². The van der Waals surface area contributed by atoms with Gasteiger partial charge in [0.1, 0.15) is 46.8 Å². The number of ether oxygens (including phenoxy) is 5. The van der Waals surface area contributed by atoms with Gasteiger partial charge in [0.05, 0.1) is 30.6 Å². The Morgan fingerprint density at radius 3 is 2.50 bits per heavy atom. The minimum atomic E-state index is -1.87. The van der Waals surface area contributed by atoms with Crippen LogP contribution in [0.4, 0.5) is 10.5 Å². The van der Waals surface area contributed by atoms with Crippen LogP contribution in [0.5, 0.6) is 5.75 Å². The molecule has 5 N–H and O–H groups in total. The fourth-order valence-electron chi connectivity index (χ4n) is 8.43. The van der Waals surface area contributed by atoms with Crippen molar-refractivity contribution in [3.8, 4) is 5.75 Å². The smallest absolute Gasteiger partial charge is 0.409 e. The number of imide groups is 1. The summed E-state index contributed by atoms with van der Waals surface area (Å²) in [7, 11) is 5.88. The van der Waals surface area contributed by atoms with Gasteiger partial charge in [-0.2, -0.15) is 0 Å². The van der Waals surface area contributed by atoms with Gasteiger partial charge in [0, 0.05) is 58.7 Å². The Bertz CT molecular complexity index is 2110. The summed E-state index contributed by atoms with van der Waals surface area (Å²) in [5.74, 6) is -3.86. The van der Waals surface area contributed by atoms with Gasteiger partial charge in [-0.3, -0.25) is 34.2 Å². The van der Waals surface area contributed by atoms with Crippen LogP contribution in [0, 0.1) is 5.92 Å². The van der Waals surface area contributed by atoms with Gasteiger partial charge in [-0.15, -0.1) is 11.8 Å². The van der Waals surface area contributed by atoms with Gasteiger partial charge < -0.3 is 49.4 Å². The fourth-order valence-corrected chi connectivity index (χ4v) is 9.85. The first-order valence-electron chi connectivity index (χ1n) is 21.8. The fraction of sp³-hybridized carbons (Fsp3) is 0.622. The molecule has 4 aliphatic heterocycles. The number of nitrogens with two attached hydrogens (primary N) is 1. The van der Waals surface area contributed by atoms with Crippen molar-refractivity contribution in [2.45, 2.75) is 132 Å². The molecule has 4 aliphatic rings. The third-order valence-corrected chi connectivity index (χ3v) is 14.5. The molecule has 0 spiro atoms. The van der Waals surface area contributed by atoms with Crippen molar-refractivity contribution >= 4 is 70.7 Å². The van der Waals surface area contributed by atoms with Gasteiger partial charge in [-0.25, -0.2) is 9.59 Å². The highest BCUT2D eigenvalue weighted by atomic mass is 35.5. The molecule has 1 aromatic carbocycles. The van der Waals surface area contributed by atoms with Crippen molar-refractivity contribution in [3.05, 3.63) is 46.5 Å². The number of thioether (sulfide) groups is 1. The SMILES string of the molecule is COc1cc2cc(c1Cl)N(C)C(=O)C[C@H](OC(=O)[C@H](C)N(C)C(=O)CCCCCN1C(=O)CC(SC[C@H](N)C(=O)O)C1=O)[C@]1(C)OC1[C@H](C)[C@@H]1C[C@@](O)(NC(=O)O1)[C@H](OC)/C=C/C=C(\C)C2. The average Bonchev–Trinajstić information content (AvgIpc) is 3.89. The van der Waals surface area contributed by atoms with Gasteiger partial charge in [0.15, 0.2) is 5.72 Å². The maximum atomic E-state index is 14.3. The first kappa shape index (κ1) is 52.2. The monoisotopic (exact) mass is 963 g/mol. The maximum absolute atomic E-state index is 14.3. The number of aliphatic carboxylic acids is 1. The number of carbonyl (C=O) groups excluding carboxylic acids is 6. The number of nitrogens with one attached hydrogen (secondary N) is 1. The number of amides is 5. The lowest BCUT2D eigenvalue weighted by Gasteiger charge is -2.42. The highest BCUT2D eigenvalue weighted by Gasteiger charge is 2.64. The average molecular weight is 965 g/mol.